The van der Waals surface area contributed by atoms with E-state index in [0.29, 0.717) is 11.4 Å². The molecule has 0 saturated heterocycles. The molecular formula is C12H19NO3S. The van der Waals surface area contributed by atoms with Gasteiger partial charge in [-0.2, -0.15) is 0 Å². The van der Waals surface area contributed by atoms with Gasteiger partial charge in [-0.3, -0.25) is 0 Å². The lowest BCUT2D eigenvalue weighted by atomic mass is 10.2. The van der Waals surface area contributed by atoms with Gasteiger partial charge in [0.2, 0.25) is 0 Å². The van der Waals surface area contributed by atoms with Crippen LogP contribution in [-0.2, 0) is 16.4 Å². The Balaban J connectivity index is 2.69. The van der Waals surface area contributed by atoms with Crippen LogP contribution in [0.4, 0.5) is 0 Å². The summed E-state index contributed by atoms with van der Waals surface area (Å²) in [5, 5.41) is 12.0. The molecule has 0 aliphatic carbocycles. The lowest BCUT2D eigenvalue weighted by Gasteiger charge is -2.10. The first-order valence-corrected chi connectivity index (χ1v) is 7.30. The Morgan fingerprint density at radius 3 is 2.35 bits per heavy atom. The molecule has 1 rings (SSSR count). The lowest BCUT2D eigenvalue weighted by molar-refractivity contribution is 0.251. The van der Waals surface area contributed by atoms with E-state index in [-0.39, 0.29) is 18.4 Å². The largest absolute Gasteiger partial charge is 0.395 e. The average molecular weight is 257 g/mol. The molecule has 96 valence electrons. The second-order valence-corrected chi connectivity index (χ2v) is 6.29. The van der Waals surface area contributed by atoms with E-state index in [2.05, 4.69) is 5.32 Å². The van der Waals surface area contributed by atoms with E-state index in [9.17, 15) is 8.42 Å². The molecule has 5 heteroatoms. The Labute approximate surface area is 103 Å². The molecular weight excluding hydrogens is 238 g/mol. The molecule has 4 nitrogen and oxygen atoms in total. The molecule has 0 aliphatic rings. The predicted molar refractivity (Wildman–Crippen MR) is 67.6 cm³/mol. The fourth-order valence-electron chi connectivity index (χ4n) is 1.34. The van der Waals surface area contributed by atoms with Gasteiger partial charge in [-0.25, -0.2) is 8.42 Å². The van der Waals surface area contributed by atoms with Gasteiger partial charge in [-0.1, -0.05) is 19.1 Å². The van der Waals surface area contributed by atoms with Gasteiger partial charge >= 0.3 is 0 Å². The zero-order chi connectivity index (χ0) is 12.9. The maximum absolute atomic E-state index is 11.6. The quantitative estimate of drug-likeness (QED) is 0.796. The standard InChI is InChI=1S/C12H19NO3S/c1-3-17(15,16)12-6-4-11(5-7-12)8-13-10(2)9-14/h4-7,10,13-14H,3,8-9H2,1-2H3. The topological polar surface area (TPSA) is 66.4 Å². The number of nitrogens with one attached hydrogen (secondary N) is 1. The first-order chi connectivity index (χ1) is 7.99. The molecule has 1 aromatic carbocycles. The molecule has 0 spiro atoms. The van der Waals surface area contributed by atoms with Crippen LogP contribution in [0.25, 0.3) is 0 Å². The number of sulfone groups is 1. The van der Waals surface area contributed by atoms with Crippen molar-refractivity contribution in [3.8, 4) is 0 Å². The van der Waals surface area contributed by atoms with E-state index in [1.807, 2.05) is 6.92 Å². The normalized spacial score (nSPS) is 13.6. The highest BCUT2D eigenvalue weighted by molar-refractivity contribution is 7.91. The first-order valence-electron chi connectivity index (χ1n) is 5.65. The third-order valence-electron chi connectivity index (χ3n) is 2.59. The monoisotopic (exact) mass is 257 g/mol. The summed E-state index contributed by atoms with van der Waals surface area (Å²) in [4.78, 5) is 0.360. The van der Waals surface area contributed by atoms with Crippen LogP contribution >= 0.6 is 0 Å². The van der Waals surface area contributed by atoms with Crippen molar-refractivity contribution in [2.75, 3.05) is 12.4 Å². The Hall–Kier alpha value is -0.910. The second-order valence-electron chi connectivity index (χ2n) is 4.01. The molecule has 17 heavy (non-hydrogen) atoms. The second kappa shape index (κ2) is 6.14. The Morgan fingerprint density at radius 1 is 1.29 bits per heavy atom. The lowest BCUT2D eigenvalue weighted by Crippen LogP contribution is -2.28. The van der Waals surface area contributed by atoms with Crippen LogP contribution in [-0.4, -0.2) is 31.9 Å². The highest BCUT2D eigenvalue weighted by Crippen LogP contribution is 2.12. The van der Waals surface area contributed by atoms with Gasteiger partial charge < -0.3 is 10.4 Å². The molecule has 0 aromatic heterocycles. The average Bonchev–Trinajstić information content (AvgIpc) is 2.36. The summed E-state index contributed by atoms with van der Waals surface area (Å²) in [5.74, 6) is 0.117. The molecule has 1 atom stereocenters. The van der Waals surface area contributed by atoms with E-state index >= 15 is 0 Å². The fourth-order valence-corrected chi connectivity index (χ4v) is 2.22. The van der Waals surface area contributed by atoms with Crippen molar-refractivity contribution in [3.05, 3.63) is 29.8 Å². The summed E-state index contributed by atoms with van der Waals surface area (Å²) < 4.78 is 23.2. The molecule has 0 aliphatic heterocycles. The molecule has 0 fully saturated rings. The van der Waals surface area contributed by atoms with Crippen molar-refractivity contribution in [1.82, 2.24) is 5.32 Å². The molecule has 0 heterocycles. The van der Waals surface area contributed by atoms with Crippen LogP contribution < -0.4 is 5.32 Å². The van der Waals surface area contributed by atoms with Crippen LogP contribution in [0.2, 0.25) is 0 Å². The van der Waals surface area contributed by atoms with Crippen LogP contribution in [0, 0.1) is 0 Å². The van der Waals surface area contributed by atoms with Crippen molar-refractivity contribution >= 4 is 9.84 Å². The Morgan fingerprint density at radius 2 is 1.88 bits per heavy atom. The van der Waals surface area contributed by atoms with Gasteiger partial charge in [0.1, 0.15) is 0 Å². The highest BCUT2D eigenvalue weighted by atomic mass is 32.2. The summed E-state index contributed by atoms with van der Waals surface area (Å²) in [7, 11) is -3.11. The van der Waals surface area contributed by atoms with Crippen molar-refractivity contribution in [1.29, 1.82) is 0 Å². The fraction of sp³-hybridized carbons (Fsp3) is 0.500. The number of aliphatic hydroxyl groups is 1. The number of benzene rings is 1. The molecule has 2 N–H and O–H groups in total. The van der Waals surface area contributed by atoms with E-state index in [1.54, 1.807) is 31.2 Å². The third kappa shape index (κ3) is 4.11. The Bertz CT molecular complexity index is 439. The SMILES string of the molecule is CCS(=O)(=O)c1ccc(CNC(C)CO)cc1. The van der Waals surface area contributed by atoms with E-state index in [0.717, 1.165) is 5.56 Å². The van der Waals surface area contributed by atoms with Gasteiger partial charge in [0.25, 0.3) is 0 Å². The van der Waals surface area contributed by atoms with Crippen LogP contribution in [0.3, 0.4) is 0 Å². The van der Waals surface area contributed by atoms with E-state index in [1.165, 1.54) is 0 Å². The van der Waals surface area contributed by atoms with Crippen molar-refractivity contribution < 1.29 is 13.5 Å². The van der Waals surface area contributed by atoms with Gasteiger partial charge in [-0.05, 0) is 24.6 Å². The summed E-state index contributed by atoms with van der Waals surface area (Å²) >= 11 is 0. The van der Waals surface area contributed by atoms with E-state index < -0.39 is 9.84 Å². The van der Waals surface area contributed by atoms with Gasteiger partial charge in [0, 0.05) is 12.6 Å². The number of hydrogen-bond donors (Lipinski definition) is 2. The molecule has 1 aromatic rings. The molecule has 0 radical (unpaired) electrons. The zero-order valence-electron chi connectivity index (χ0n) is 10.2. The molecule has 1 unspecified atom stereocenters. The third-order valence-corrected chi connectivity index (χ3v) is 4.34. The van der Waals surface area contributed by atoms with E-state index in [4.69, 9.17) is 5.11 Å². The summed E-state index contributed by atoms with van der Waals surface area (Å²) in [5.41, 5.74) is 1.00. The Kier molecular flexibility index (Phi) is 5.11. The zero-order valence-corrected chi connectivity index (χ0v) is 11.0. The molecule has 0 bridgehead atoms. The minimum atomic E-state index is -3.11. The van der Waals surface area contributed by atoms with Gasteiger partial charge in [0.15, 0.2) is 9.84 Å². The van der Waals surface area contributed by atoms with Crippen molar-refractivity contribution in [3.63, 3.8) is 0 Å². The van der Waals surface area contributed by atoms with Gasteiger partial charge in [-0.15, -0.1) is 0 Å². The maximum Gasteiger partial charge on any atom is 0.178 e. The maximum atomic E-state index is 11.6. The predicted octanol–water partition coefficient (Wildman–Crippen LogP) is 0.951. The summed E-state index contributed by atoms with van der Waals surface area (Å²) in [6, 6.07) is 6.87. The molecule has 0 saturated carbocycles. The van der Waals surface area contributed by atoms with Crippen LogP contribution in [0.15, 0.2) is 29.2 Å². The summed E-state index contributed by atoms with van der Waals surface area (Å²) in [6.07, 6.45) is 0. The number of rotatable bonds is 6. The minimum absolute atomic E-state index is 0.0362. The van der Waals surface area contributed by atoms with Crippen LogP contribution in [0.1, 0.15) is 19.4 Å². The molecule has 0 amide bonds. The van der Waals surface area contributed by atoms with Crippen LogP contribution in [0.5, 0.6) is 0 Å². The van der Waals surface area contributed by atoms with Crippen molar-refractivity contribution in [2.24, 2.45) is 0 Å². The number of aliphatic hydroxyl groups excluding tert-OH is 1. The van der Waals surface area contributed by atoms with Gasteiger partial charge in [0.05, 0.1) is 17.3 Å². The minimum Gasteiger partial charge on any atom is -0.395 e. The number of hydrogen-bond acceptors (Lipinski definition) is 4. The van der Waals surface area contributed by atoms with Crippen molar-refractivity contribution in [2.45, 2.75) is 31.3 Å². The smallest absolute Gasteiger partial charge is 0.178 e. The highest BCUT2D eigenvalue weighted by Gasteiger charge is 2.10. The first kappa shape index (κ1) is 14.2. The summed E-state index contributed by atoms with van der Waals surface area (Å²) in [6.45, 7) is 4.22.